The normalized spacial score (nSPS) is 21.5. The van der Waals surface area contributed by atoms with E-state index >= 15 is 0 Å². The summed E-state index contributed by atoms with van der Waals surface area (Å²) in [5.74, 6) is 1.12. The van der Waals surface area contributed by atoms with Crippen molar-refractivity contribution in [3.05, 3.63) is 89.3 Å². The number of likely N-dealkylation sites (tertiary alicyclic amines) is 2. The fourth-order valence-electron chi connectivity index (χ4n) is 10.1. The number of aromatic nitrogens is 3. The van der Waals surface area contributed by atoms with E-state index in [1.165, 1.54) is 43.2 Å². The molecule has 9 rings (SSSR count). The molecule has 1 aliphatic carbocycles. The van der Waals surface area contributed by atoms with Gasteiger partial charge in [0, 0.05) is 37.3 Å². The van der Waals surface area contributed by atoms with Gasteiger partial charge in [0.05, 0.1) is 52.6 Å². The molecule has 3 N–H and O–H groups in total. The van der Waals surface area contributed by atoms with Gasteiger partial charge >= 0.3 is 0 Å². The summed E-state index contributed by atoms with van der Waals surface area (Å²) in [5.41, 5.74) is 6.02. The van der Waals surface area contributed by atoms with Crippen LogP contribution in [0.1, 0.15) is 100 Å². The van der Waals surface area contributed by atoms with Crippen LogP contribution in [0.15, 0.2) is 73.2 Å². The van der Waals surface area contributed by atoms with Crippen molar-refractivity contribution in [1.82, 2.24) is 30.1 Å². The largest absolute Gasteiger partial charge is 0.374 e. The van der Waals surface area contributed by atoms with Crippen LogP contribution in [0, 0.1) is 5.41 Å². The van der Waals surface area contributed by atoms with Crippen LogP contribution in [0.5, 0.6) is 0 Å². The van der Waals surface area contributed by atoms with Gasteiger partial charge in [-0.25, -0.2) is 9.97 Å². The number of nitrogens with zero attached hydrogens (tertiary/aromatic N) is 6. The van der Waals surface area contributed by atoms with Crippen molar-refractivity contribution in [3.8, 4) is 11.3 Å². The highest BCUT2D eigenvalue weighted by molar-refractivity contribution is 6.32. The lowest BCUT2D eigenvalue weighted by Gasteiger charge is -2.39. The third kappa shape index (κ3) is 9.13. The summed E-state index contributed by atoms with van der Waals surface area (Å²) in [5, 5.41) is 9.42. The molecule has 4 amide bonds. The van der Waals surface area contributed by atoms with E-state index < -0.39 is 11.5 Å². The first-order valence-corrected chi connectivity index (χ1v) is 22.4. The number of hydrogen-bond donors (Lipinski definition) is 3. The summed E-state index contributed by atoms with van der Waals surface area (Å²) in [6.45, 7) is 3.84. The van der Waals surface area contributed by atoms with E-state index in [0.717, 1.165) is 49.3 Å². The Bertz CT molecular complexity index is 2270. The Morgan fingerprint density at radius 3 is 2.33 bits per heavy atom. The Hall–Kier alpha value is -5.40. The van der Waals surface area contributed by atoms with E-state index in [0.29, 0.717) is 86.1 Å². The van der Waals surface area contributed by atoms with E-state index in [1.807, 2.05) is 34.1 Å². The maximum absolute atomic E-state index is 14.1. The molecule has 61 heavy (non-hydrogen) atoms. The van der Waals surface area contributed by atoms with Gasteiger partial charge in [0.25, 0.3) is 0 Å². The molecule has 5 aliphatic rings. The minimum atomic E-state index is -0.480. The SMILES string of the molecule is O=C1CCC(Nc2ccc(C3CCN(CC(=O)N4CCC5(CC4)CCN(c4cncc(Nc6ncc(Cl)c(-c7cccc(C8CCCCC8)c7)n6)c4)C5=O)CC3)cc2)C(=O)N1. The molecule has 4 saturated heterocycles. The Morgan fingerprint density at radius 1 is 0.803 bits per heavy atom. The summed E-state index contributed by atoms with van der Waals surface area (Å²) in [4.78, 5) is 71.0. The topological polar surface area (TPSA) is 153 Å². The molecule has 1 unspecified atom stereocenters. The standard InChI is InChI=1S/C47H54ClN9O4/c48-39-29-50-46(54-43(39)35-8-4-7-34(25-35)31-5-2-1-3-6-31)52-37-26-38(28-49-27-37)57-24-19-47(45(57)61)17-22-56(23-18-47)42(59)30-55-20-15-33(16-21-55)32-9-11-36(12-10-32)51-40-13-14-41(58)53-44(40)60/h4,7-12,25-29,31,33,40,51H,1-3,5-6,13-24,30H2,(H,50,52,54)(H,53,58,60). The lowest BCUT2D eigenvalue weighted by molar-refractivity contribution is -0.138. The summed E-state index contributed by atoms with van der Waals surface area (Å²) in [6.07, 6.45) is 16.2. The zero-order valence-corrected chi connectivity index (χ0v) is 35.3. The quantitative estimate of drug-likeness (QED) is 0.138. The van der Waals surface area contributed by atoms with Gasteiger partial charge in [0.1, 0.15) is 6.04 Å². The first-order chi connectivity index (χ1) is 29.7. The molecule has 1 spiro atoms. The van der Waals surface area contributed by atoms with Gasteiger partial charge in [-0.3, -0.25) is 34.4 Å². The lowest BCUT2D eigenvalue weighted by atomic mass is 9.77. The molecule has 0 radical (unpaired) electrons. The van der Waals surface area contributed by atoms with Crippen molar-refractivity contribution in [1.29, 1.82) is 0 Å². The highest BCUT2D eigenvalue weighted by Gasteiger charge is 2.49. The van der Waals surface area contributed by atoms with Gasteiger partial charge in [0.2, 0.25) is 29.6 Å². The van der Waals surface area contributed by atoms with Crippen molar-refractivity contribution < 1.29 is 19.2 Å². The second-order valence-corrected chi connectivity index (χ2v) is 18.0. The molecular formula is C47H54ClN9O4. The van der Waals surface area contributed by atoms with Crippen LogP contribution in [-0.4, -0.2) is 93.7 Å². The minimum Gasteiger partial charge on any atom is -0.374 e. The van der Waals surface area contributed by atoms with E-state index in [-0.39, 0.29) is 23.6 Å². The summed E-state index contributed by atoms with van der Waals surface area (Å²) in [6, 6.07) is 18.3. The predicted molar refractivity (Wildman–Crippen MR) is 236 cm³/mol. The highest BCUT2D eigenvalue weighted by Crippen LogP contribution is 2.44. The molecular weight excluding hydrogens is 790 g/mol. The van der Waals surface area contributed by atoms with Gasteiger partial charge in [-0.15, -0.1) is 0 Å². The van der Waals surface area contributed by atoms with E-state index in [9.17, 15) is 19.2 Å². The number of amides is 4. The molecule has 318 valence electrons. The maximum atomic E-state index is 14.1. The average Bonchev–Trinajstić information content (AvgIpc) is 3.60. The van der Waals surface area contributed by atoms with Crippen molar-refractivity contribution in [2.75, 3.05) is 54.8 Å². The van der Waals surface area contributed by atoms with Crippen molar-refractivity contribution in [3.63, 3.8) is 0 Å². The van der Waals surface area contributed by atoms with Gasteiger partial charge in [-0.05, 0) is 112 Å². The maximum Gasteiger partial charge on any atom is 0.249 e. The number of carbonyl (C=O) groups excluding carboxylic acids is 4. The van der Waals surface area contributed by atoms with Crippen LogP contribution in [0.3, 0.4) is 0 Å². The molecule has 4 aromatic rings. The third-order valence-electron chi connectivity index (χ3n) is 13.8. The lowest BCUT2D eigenvalue weighted by Crippen LogP contribution is -2.49. The first-order valence-electron chi connectivity index (χ1n) is 22.1. The number of rotatable bonds is 10. The number of halogens is 1. The number of anilines is 4. The van der Waals surface area contributed by atoms with Gasteiger partial charge < -0.3 is 20.4 Å². The zero-order chi connectivity index (χ0) is 41.9. The number of piperidine rings is 3. The number of imide groups is 1. The summed E-state index contributed by atoms with van der Waals surface area (Å²) >= 11 is 6.65. The molecule has 14 heteroatoms. The van der Waals surface area contributed by atoms with Crippen molar-refractivity contribution >= 4 is 58.2 Å². The van der Waals surface area contributed by atoms with Crippen LogP contribution in [0.4, 0.5) is 23.0 Å². The number of hydrogen-bond acceptors (Lipinski definition) is 10. The second-order valence-electron chi connectivity index (χ2n) is 17.6. The predicted octanol–water partition coefficient (Wildman–Crippen LogP) is 7.43. The summed E-state index contributed by atoms with van der Waals surface area (Å²) in [7, 11) is 0. The van der Waals surface area contributed by atoms with E-state index in [2.05, 4.69) is 61.2 Å². The number of pyridine rings is 1. The number of carbonyl (C=O) groups is 4. The molecule has 2 aromatic heterocycles. The van der Waals surface area contributed by atoms with Gasteiger partial charge in [-0.1, -0.05) is 61.2 Å². The van der Waals surface area contributed by atoms with E-state index in [4.69, 9.17) is 16.6 Å². The highest BCUT2D eigenvalue weighted by atomic mass is 35.5. The Balaban J connectivity index is 0.752. The molecule has 5 fully saturated rings. The van der Waals surface area contributed by atoms with Crippen LogP contribution in [0.25, 0.3) is 11.3 Å². The molecule has 2 aromatic carbocycles. The van der Waals surface area contributed by atoms with E-state index in [1.54, 1.807) is 18.6 Å². The average molecular weight is 844 g/mol. The number of nitrogens with one attached hydrogen (secondary N) is 3. The molecule has 6 heterocycles. The zero-order valence-electron chi connectivity index (χ0n) is 34.6. The Morgan fingerprint density at radius 2 is 1.56 bits per heavy atom. The van der Waals surface area contributed by atoms with Crippen LogP contribution >= 0.6 is 11.6 Å². The van der Waals surface area contributed by atoms with Crippen LogP contribution in [-0.2, 0) is 19.2 Å². The fourth-order valence-corrected chi connectivity index (χ4v) is 10.3. The molecule has 1 atom stereocenters. The molecule has 4 aliphatic heterocycles. The number of benzene rings is 2. The Kier molecular flexibility index (Phi) is 12.0. The van der Waals surface area contributed by atoms with Crippen LogP contribution < -0.4 is 20.9 Å². The van der Waals surface area contributed by atoms with Crippen molar-refractivity contribution in [2.45, 2.75) is 94.9 Å². The third-order valence-corrected chi connectivity index (χ3v) is 14.0. The first kappa shape index (κ1) is 41.0. The Labute approximate surface area is 362 Å². The minimum absolute atomic E-state index is 0.100. The second kappa shape index (κ2) is 17.9. The molecule has 0 bridgehead atoms. The smallest absolute Gasteiger partial charge is 0.249 e. The van der Waals surface area contributed by atoms with Gasteiger partial charge in [-0.2, -0.15) is 0 Å². The van der Waals surface area contributed by atoms with Crippen molar-refractivity contribution in [2.24, 2.45) is 5.41 Å². The summed E-state index contributed by atoms with van der Waals surface area (Å²) < 4.78 is 0. The molecule has 1 saturated carbocycles. The molecule has 13 nitrogen and oxygen atoms in total. The van der Waals surface area contributed by atoms with Gasteiger partial charge in [0.15, 0.2) is 0 Å². The fraction of sp³-hybridized carbons (Fsp3) is 0.468. The van der Waals surface area contributed by atoms with Crippen LogP contribution in [0.2, 0.25) is 5.02 Å². The monoisotopic (exact) mass is 843 g/mol.